The number of fused-ring (bicyclic) bond motifs is 1. The van der Waals surface area contributed by atoms with Crippen molar-refractivity contribution < 1.29 is 9.53 Å². The smallest absolute Gasteiger partial charge is 0.224 e. The van der Waals surface area contributed by atoms with E-state index in [9.17, 15) is 4.79 Å². The van der Waals surface area contributed by atoms with E-state index in [0.717, 1.165) is 23.4 Å². The van der Waals surface area contributed by atoms with Gasteiger partial charge in [0.15, 0.2) is 0 Å². The Bertz CT molecular complexity index is 414. The summed E-state index contributed by atoms with van der Waals surface area (Å²) in [5.41, 5.74) is 2.04. The zero-order chi connectivity index (χ0) is 11.7. The van der Waals surface area contributed by atoms with E-state index in [1.807, 2.05) is 25.1 Å². The Hall–Kier alpha value is -1.51. The molecular formula is C13H17NO2. The molecule has 1 aromatic rings. The number of hydrogen-bond acceptors (Lipinski definition) is 2. The second-order valence-corrected chi connectivity index (χ2v) is 4.25. The number of nitrogens with zero attached hydrogens (tertiary/aromatic N) is 1. The average Bonchev–Trinajstić information content (AvgIpc) is 2.27. The Labute approximate surface area is 96.0 Å². The summed E-state index contributed by atoms with van der Waals surface area (Å²) in [6, 6.07) is 5.96. The van der Waals surface area contributed by atoms with Gasteiger partial charge in [0.2, 0.25) is 5.91 Å². The van der Waals surface area contributed by atoms with Gasteiger partial charge in [-0.3, -0.25) is 4.79 Å². The zero-order valence-corrected chi connectivity index (χ0v) is 9.99. The van der Waals surface area contributed by atoms with Crippen molar-refractivity contribution in [1.82, 2.24) is 0 Å². The molecule has 3 nitrogen and oxygen atoms in total. The quantitative estimate of drug-likeness (QED) is 0.726. The predicted octanol–water partition coefficient (Wildman–Crippen LogP) is 2.52. The zero-order valence-electron chi connectivity index (χ0n) is 9.99. The lowest BCUT2D eigenvalue weighted by Crippen LogP contribution is -2.42. The topological polar surface area (TPSA) is 29.5 Å². The number of rotatable bonds is 1. The lowest BCUT2D eigenvalue weighted by Gasteiger charge is -2.34. The van der Waals surface area contributed by atoms with Crippen LogP contribution in [0.1, 0.15) is 25.8 Å². The molecule has 0 N–H and O–H groups in total. The summed E-state index contributed by atoms with van der Waals surface area (Å²) in [5, 5.41) is 0. The molecule has 1 amide bonds. The molecule has 1 heterocycles. The summed E-state index contributed by atoms with van der Waals surface area (Å²) in [5.74, 6) is 0.896. The third kappa shape index (κ3) is 1.90. The van der Waals surface area contributed by atoms with Crippen molar-refractivity contribution in [1.29, 1.82) is 0 Å². The second kappa shape index (κ2) is 4.16. The SMILES string of the molecule is CC[C@@H]1CN(C(C)=O)c2cc(C)ccc2O1. The van der Waals surface area contributed by atoms with E-state index < -0.39 is 0 Å². The van der Waals surface area contributed by atoms with E-state index in [-0.39, 0.29) is 12.0 Å². The number of ether oxygens (including phenoxy) is 1. The maximum atomic E-state index is 11.6. The summed E-state index contributed by atoms with van der Waals surface area (Å²) in [7, 11) is 0. The van der Waals surface area contributed by atoms with Gasteiger partial charge in [0.05, 0.1) is 12.2 Å². The van der Waals surface area contributed by atoms with Gasteiger partial charge in [0.1, 0.15) is 11.9 Å². The molecular weight excluding hydrogens is 202 g/mol. The fourth-order valence-electron chi connectivity index (χ4n) is 1.97. The van der Waals surface area contributed by atoms with Gasteiger partial charge in [-0.2, -0.15) is 0 Å². The average molecular weight is 219 g/mol. The number of anilines is 1. The first-order valence-corrected chi connectivity index (χ1v) is 5.67. The van der Waals surface area contributed by atoms with Crippen molar-refractivity contribution in [3.63, 3.8) is 0 Å². The van der Waals surface area contributed by atoms with Crippen LogP contribution in [0.25, 0.3) is 0 Å². The van der Waals surface area contributed by atoms with Gasteiger partial charge in [-0.1, -0.05) is 13.0 Å². The molecule has 86 valence electrons. The van der Waals surface area contributed by atoms with Crippen LogP contribution >= 0.6 is 0 Å². The van der Waals surface area contributed by atoms with Gasteiger partial charge in [-0.25, -0.2) is 0 Å². The highest BCUT2D eigenvalue weighted by Gasteiger charge is 2.26. The lowest BCUT2D eigenvalue weighted by molar-refractivity contribution is -0.117. The van der Waals surface area contributed by atoms with Crippen LogP contribution in [-0.4, -0.2) is 18.6 Å². The minimum atomic E-state index is 0.0774. The fourth-order valence-corrected chi connectivity index (χ4v) is 1.97. The molecule has 0 aliphatic carbocycles. The number of carbonyl (C=O) groups is 1. The van der Waals surface area contributed by atoms with Crippen molar-refractivity contribution in [2.24, 2.45) is 0 Å². The molecule has 0 spiro atoms. The summed E-state index contributed by atoms with van der Waals surface area (Å²) in [6.45, 7) is 6.35. The highest BCUT2D eigenvalue weighted by atomic mass is 16.5. The molecule has 1 aliphatic heterocycles. The molecule has 16 heavy (non-hydrogen) atoms. The monoisotopic (exact) mass is 219 g/mol. The third-order valence-corrected chi connectivity index (χ3v) is 2.92. The maximum absolute atomic E-state index is 11.6. The van der Waals surface area contributed by atoms with E-state index in [1.165, 1.54) is 0 Å². The number of benzene rings is 1. The molecule has 0 radical (unpaired) electrons. The minimum Gasteiger partial charge on any atom is -0.486 e. The van der Waals surface area contributed by atoms with Crippen LogP contribution in [0, 0.1) is 6.92 Å². The summed E-state index contributed by atoms with van der Waals surface area (Å²) in [4.78, 5) is 13.4. The van der Waals surface area contributed by atoms with E-state index >= 15 is 0 Å². The van der Waals surface area contributed by atoms with Gasteiger partial charge in [-0.15, -0.1) is 0 Å². The van der Waals surface area contributed by atoms with Crippen LogP contribution in [0.4, 0.5) is 5.69 Å². The van der Waals surface area contributed by atoms with Crippen LogP contribution < -0.4 is 9.64 Å². The van der Waals surface area contributed by atoms with Gasteiger partial charge in [0, 0.05) is 6.92 Å². The summed E-state index contributed by atoms with van der Waals surface area (Å²) >= 11 is 0. The minimum absolute atomic E-state index is 0.0774. The Morgan fingerprint density at radius 3 is 2.94 bits per heavy atom. The molecule has 0 unspecified atom stereocenters. The molecule has 3 heteroatoms. The van der Waals surface area contributed by atoms with Crippen molar-refractivity contribution >= 4 is 11.6 Å². The number of aryl methyl sites for hydroxylation is 1. The summed E-state index contributed by atoms with van der Waals surface area (Å²) in [6.07, 6.45) is 1.02. The van der Waals surface area contributed by atoms with Crippen molar-refractivity contribution in [2.45, 2.75) is 33.3 Å². The van der Waals surface area contributed by atoms with Crippen LogP contribution in [0.5, 0.6) is 5.75 Å². The fraction of sp³-hybridized carbons (Fsp3) is 0.462. The summed E-state index contributed by atoms with van der Waals surface area (Å²) < 4.78 is 5.82. The Morgan fingerprint density at radius 1 is 1.56 bits per heavy atom. The van der Waals surface area contributed by atoms with E-state index in [1.54, 1.807) is 11.8 Å². The van der Waals surface area contributed by atoms with Crippen LogP contribution in [0.3, 0.4) is 0 Å². The Morgan fingerprint density at radius 2 is 2.31 bits per heavy atom. The first-order chi connectivity index (χ1) is 7.61. The molecule has 1 aliphatic rings. The van der Waals surface area contributed by atoms with Crippen molar-refractivity contribution in [3.8, 4) is 5.75 Å². The molecule has 0 saturated carbocycles. The lowest BCUT2D eigenvalue weighted by atomic mass is 10.1. The maximum Gasteiger partial charge on any atom is 0.224 e. The van der Waals surface area contributed by atoms with Gasteiger partial charge in [-0.05, 0) is 31.0 Å². The Balaban J connectivity index is 2.42. The molecule has 2 rings (SSSR count). The molecule has 1 aromatic carbocycles. The number of hydrogen-bond donors (Lipinski definition) is 0. The molecule has 0 fully saturated rings. The predicted molar refractivity (Wildman–Crippen MR) is 63.9 cm³/mol. The standard InChI is InChI=1S/C13H17NO2/c1-4-11-8-14(10(3)15)12-7-9(2)5-6-13(12)16-11/h5-7,11H,4,8H2,1-3H3/t11-/m1/s1. The third-order valence-electron chi connectivity index (χ3n) is 2.92. The van der Waals surface area contributed by atoms with E-state index in [0.29, 0.717) is 6.54 Å². The first-order valence-electron chi connectivity index (χ1n) is 5.67. The normalized spacial score (nSPS) is 18.9. The first kappa shape index (κ1) is 11.0. The molecule has 1 atom stereocenters. The van der Waals surface area contributed by atoms with Crippen molar-refractivity contribution in [3.05, 3.63) is 23.8 Å². The highest BCUT2D eigenvalue weighted by Crippen LogP contribution is 2.34. The van der Waals surface area contributed by atoms with E-state index in [2.05, 4.69) is 6.92 Å². The highest BCUT2D eigenvalue weighted by molar-refractivity contribution is 5.93. The van der Waals surface area contributed by atoms with Gasteiger partial charge in [0.25, 0.3) is 0 Å². The van der Waals surface area contributed by atoms with Crippen LogP contribution in [-0.2, 0) is 4.79 Å². The molecule has 0 bridgehead atoms. The molecule has 0 aromatic heterocycles. The van der Waals surface area contributed by atoms with Gasteiger partial charge < -0.3 is 9.64 Å². The van der Waals surface area contributed by atoms with Gasteiger partial charge >= 0.3 is 0 Å². The second-order valence-electron chi connectivity index (χ2n) is 4.25. The molecule has 0 saturated heterocycles. The Kier molecular flexibility index (Phi) is 2.86. The number of amides is 1. The number of carbonyl (C=O) groups excluding carboxylic acids is 1. The van der Waals surface area contributed by atoms with E-state index in [4.69, 9.17) is 4.74 Å². The van der Waals surface area contributed by atoms with Crippen molar-refractivity contribution in [2.75, 3.05) is 11.4 Å². The van der Waals surface area contributed by atoms with Crippen LogP contribution in [0.15, 0.2) is 18.2 Å². The largest absolute Gasteiger partial charge is 0.486 e. The van der Waals surface area contributed by atoms with Crippen LogP contribution in [0.2, 0.25) is 0 Å².